The molecule has 0 aliphatic rings. The lowest BCUT2D eigenvalue weighted by Gasteiger charge is -2.17. The third kappa shape index (κ3) is 5.20. The van der Waals surface area contributed by atoms with E-state index in [1.807, 2.05) is 18.2 Å². The van der Waals surface area contributed by atoms with Crippen LogP contribution in [0, 0.1) is 6.92 Å². The van der Waals surface area contributed by atoms with Gasteiger partial charge < -0.3 is 10.1 Å². The van der Waals surface area contributed by atoms with Crippen molar-refractivity contribution in [1.29, 1.82) is 0 Å². The minimum atomic E-state index is 0.278. The van der Waals surface area contributed by atoms with E-state index in [2.05, 4.69) is 89.7 Å². The lowest BCUT2D eigenvalue weighted by molar-refractivity contribution is 0.301. The number of hydrogen-bond donors (Lipinski definition) is 1. The van der Waals surface area contributed by atoms with Crippen LogP contribution >= 0.6 is 15.9 Å². The largest absolute Gasteiger partial charge is 0.489 e. The molecule has 3 heteroatoms. The van der Waals surface area contributed by atoms with Gasteiger partial charge in [-0.25, -0.2) is 0 Å². The van der Waals surface area contributed by atoms with E-state index >= 15 is 0 Å². The Morgan fingerprint density at radius 3 is 2.42 bits per heavy atom. The van der Waals surface area contributed by atoms with Crippen molar-refractivity contribution >= 4 is 15.9 Å². The SMILES string of the molecule is Cc1ccc(COc2ccc(Br)cc2CN[C@@H](C)c2ccccc2)cc1. The zero-order valence-corrected chi connectivity index (χ0v) is 16.8. The van der Waals surface area contributed by atoms with Crippen LogP contribution in [0.15, 0.2) is 77.3 Å². The van der Waals surface area contributed by atoms with Crippen molar-refractivity contribution in [2.24, 2.45) is 0 Å². The third-order valence-corrected chi connectivity index (χ3v) is 4.93. The Morgan fingerprint density at radius 1 is 0.962 bits per heavy atom. The quantitative estimate of drug-likeness (QED) is 0.502. The van der Waals surface area contributed by atoms with Crippen LogP contribution in [0.2, 0.25) is 0 Å². The summed E-state index contributed by atoms with van der Waals surface area (Å²) in [5, 5.41) is 3.59. The fraction of sp³-hybridized carbons (Fsp3) is 0.217. The van der Waals surface area contributed by atoms with Gasteiger partial charge in [0.25, 0.3) is 0 Å². The maximum absolute atomic E-state index is 6.10. The zero-order chi connectivity index (χ0) is 18.4. The van der Waals surface area contributed by atoms with Gasteiger partial charge in [0.2, 0.25) is 0 Å². The van der Waals surface area contributed by atoms with Crippen molar-refractivity contribution in [1.82, 2.24) is 5.32 Å². The first-order valence-electron chi connectivity index (χ1n) is 8.87. The minimum Gasteiger partial charge on any atom is -0.489 e. The number of aryl methyl sites for hydroxylation is 1. The average molecular weight is 410 g/mol. The topological polar surface area (TPSA) is 21.3 Å². The van der Waals surface area contributed by atoms with Gasteiger partial charge in [0.15, 0.2) is 0 Å². The average Bonchev–Trinajstić information content (AvgIpc) is 2.67. The maximum Gasteiger partial charge on any atom is 0.124 e. The molecule has 0 heterocycles. The van der Waals surface area contributed by atoms with Gasteiger partial charge in [0.1, 0.15) is 12.4 Å². The van der Waals surface area contributed by atoms with E-state index in [0.29, 0.717) is 6.61 Å². The first kappa shape index (κ1) is 18.7. The van der Waals surface area contributed by atoms with E-state index in [-0.39, 0.29) is 6.04 Å². The van der Waals surface area contributed by atoms with Crippen molar-refractivity contribution < 1.29 is 4.74 Å². The van der Waals surface area contributed by atoms with E-state index in [1.165, 1.54) is 16.7 Å². The van der Waals surface area contributed by atoms with Crippen LogP contribution in [0.1, 0.15) is 35.2 Å². The van der Waals surface area contributed by atoms with E-state index in [0.717, 1.165) is 22.3 Å². The molecule has 0 saturated heterocycles. The monoisotopic (exact) mass is 409 g/mol. The van der Waals surface area contributed by atoms with Crippen LogP contribution in [-0.2, 0) is 13.2 Å². The standard InChI is InChI=1S/C23H24BrNO/c1-17-8-10-19(11-9-17)16-26-23-13-12-22(24)14-21(23)15-25-18(2)20-6-4-3-5-7-20/h3-14,18,25H,15-16H2,1-2H3/t18-/m0/s1. The Morgan fingerprint density at radius 2 is 1.69 bits per heavy atom. The number of halogens is 1. The summed E-state index contributed by atoms with van der Waals surface area (Å²) in [5.74, 6) is 0.918. The Labute approximate surface area is 164 Å². The van der Waals surface area contributed by atoms with Crippen molar-refractivity contribution in [2.45, 2.75) is 33.0 Å². The molecule has 2 nitrogen and oxygen atoms in total. The van der Waals surface area contributed by atoms with Gasteiger partial charge in [-0.05, 0) is 43.2 Å². The Kier molecular flexibility index (Phi) is 6.48. The van der Waals surface area contributed by atoms with Crippen LogP contribution in [0.5, 0.6) is 5.75 Å². The molecule has 1 atom stereocenters. The summed E-state index contributed by atoms with van der Waals surface area (Å²) in [4.78, 5) is 0. The second-order valence-corrected chi connectivity index (χ2v) is 7.46. The predicted octanol–water partition coefficient (Wildman–Crippen LogP) is 6.19. The highest BCUT2D eigenvalue weighted by molar-refractivity contribution is 9.10. The normalized spacial score (nSPS) is 12.0. The predicted molar refractivity (Wildman–Crippen MR) is 111 cm³/mol. The summed E-state index contributed by atoms with van der Waals surface area (Å²) in [6.45, 7) is 5.60. The molecule has 0 radical (unpaired) electrons. The first-order valence-corrected chi connectivity index (χ1v) is 9.66. The molecule has 134 valence electrons. The van der Waals surface area contributed by atoms with E-state index < -0.39 is 0 Å². The molecule has 0 aliphatic heterocycles. The molecule has 0 fully saturated rings. The van der Waals surface area contributed by atoms with Crippen LogP contribution in [0.3, 0.4) is 0 Å². The van der Waals surface area contributed by atoms with Crippen molar-refractivity contribution in [3.8, 4) is 5.75 Å². The molecular formula is C23H24BrNO. The summed E-state index contributed by atoms with van der Waals surface area (Å²) in [7, 11) is 0. The second-order valence-electron chi connectivity index (χ2n) is 6.54. The van der Waals surface area contributed by atoms with E-state index in [4.69, 9.17) is 4.74 Å². The van der Waals surface area contributed by atoms with Crippen molar-refractivity contribution in [3.05, 3.63) is 99.5 Å². The van der Waals surface area contributed by atoms with Gasteiger partial charge in [-0.1, -0.05) is 76.1 Å². The number of benzene rings is 3. The highest BCUT2D eigenvalue weighted by Gasteiger charge is 2.09. The van der Waals surface area contributed by atoms with Crippen LogP contribution < -0.4 is 10.1 Å². The maximum atomic E-state index is 6.10. The molecule has 26 heavy (non-hydrogen) atoms. The van der Waals surface area contributed by atoms with Gasteiger partial charge in [-0.2, -0.15) is 0 Å². The molecule has 0 spiro atoms. The molecule has 0 aliphatic carbocycles. The third-order valence-electron chi connectivity index (χ3n) is 4.44. The highest BCUT2D eigenvalue weighted by Crippen LogP contribution is 2.25. The van der Waals surface area contributed by atoms with Crippen molar-refractivity contribution in [2.75, 3.05) is 0 Å². The highest BCUT2D eigenvalue weighted by atomic mass is 79.9. The Bertz CT molecular complexity index is 831. The minimum absolute atomic E-state index is 0.278. The molecule has 0 aromatic heterocycles. The fourth-order valence-corrected chi connectivity index (χ4v) is 3.20. The number of nitrogens with one attached hydrogen (secondary N) is 1. The van der Waals surface area contributed by atoms with E-state index in [9.17, 15) is 0 Å². The molecular weight excluding hydrogens is 386 g/mol. The van der Waals surface area contributed by atoms with Crippen LogP contribution in [0.4, 0.5) is 0 Å². The molecule has 3 aromatic rings. The van der Waals surface area contributed by atoms with Crippen LogP contribution in [0.25, 0.3) is 0 Å². The summed E-state index contributed by atoms with van der Waals surface area (Å²) in [6, 6.07) is 25.4. The summed E-state index contributed by atoms with van der Waals surface area (Å²) < 4.78 is 7.15. The number of hydrogen-bond acceptors (Lipinski definition) is 2. The second kappa shape index (κ2) is 9.02. The molecule has 3 aromatic carbocycles. The summed E-state index contributed by atoms with van der Waals surface area (Å²) in [6.07, 6.45) is 0. The Balaban J connectivity index is 1.66. The lowest BCUT2D eigenvalue weighted by atomic mass is 10.1. The van der Waals surface area contributed by atoms with Gasteiger partial charge >= 0.3 is 0 Å². The van der Waals surface area contributed by atoms with Gasteiger partial charge in [-0.3, -0.25) is 0 Å². The van der Waals surface area contributed by atoms with E-state index in [1.54, 1.807) is 0 Å². The molecule has 0 unspecified atom stereocenters. The summed E-state index contributed by atoms with van der Waals surface area (Å²) >= 11 is 3.57. The molecule has 0 bridgehead atoms. The zero-order valence-electron chi connectivity index (χ0n) is 15.2. The number of ether oxygens (including phenoxy) is 1. The summed E-state index contributed by atoms with van der Waals surface area (Å²) in [5.41, 5.74) is 4.87. The smallest absolute Gasteiger partial charge is 0.124 e. The van der Waals surface area contributed by atoms with Gasteiger partial charge in [0, 0.05) is 22.6 Å². The number of rotatable bonds is 7. The molecule has 3 rings (SSSR count). The van der Waals surface area contributed by atoms with Gasteiger partial charge in [-0.15, -0.1) is 0 Å². The van der Waals surface area contributed by atoms with Crippen molar-refractivity contribution in [3.63, 3.8) is 0 Å². The van der Waals surface area contributed by atoms with Crippen LogP contribution in [-0.4, -0.2) is 0 Å². The first-order chi connectivity index (χ1) is 12.6. The Hall–Kier alpha value is -2.10. The molecule has 0 saturated carbocycles. The van der Waals surface area contributed by atoms with Gasteiger partial charge in [0.05, 0.1) is 0 Å². The molecule has 1 N–H and O–H groups in total. The lowest BCUT2D eigenvalue weighted by Crippen LogP contribution is -2.18. The molecule has 0 amide bonds. The fourth-order valence-electron chi connectivity index (χ4n) is 2.79.